The summed E-state index contributed by atoms with van der Waals surface area (Å²) in [5.41, 5.74) is 1.44. The van der Waals surface area contributed by atoms with Crippen LogP contribution in [-0.4, -0.2) is 0 Å². The molecule has 0 aromatic heterocycles. The second-order valence-electron chi connectivity index (χ2n) is 3.52. The molecular weight excluding hydrogens is 168 g/mol. The van der Waals surface area contributed by atoms with Gasteiger partial charge in [0.1, 0.15) is 0 Å². The standard InChI is InChI=1S/C11H14Cl/c1-4-11(2,3)9-5-7-10(12)8-6-9/h4-8H,1-3H3. The van der Waals surface area contributed by atoms with Gasteiger partial charge in [-0.15, -0.1) is 0 Å². The van der Waals surface area contributed by atoms with E-state index in [1.165, 1.54) is 5.56 Å². The van der Waals surface area contributed by atoms with Gasteiger partial charge in [-0.1, -0.05) is 44.5 Å². The quantitative estimate of drug-likeness (QED) is 0.651. The smallest absolute Gasteiger partial charge is 0.0406 e. The van der Waals surface area contributed by atoms with Crippen molar-refractivity contribution in [1.29, 1.82) is 0 Å². The number of benzene rings is 1. The average Bonchev–Trinajstić information content (AvgIpc) is 2.05. The predicted octanol–water partition coefficient (Wildman–Crippen LogP) is 3.84. The van der Waals surface area contributed by atoms with Crippen molar-refractivity contribution in [1.82, 2.24) is 0 Å². The van der Waals surface area contributed by atoms with Crippen LogP contribution >= 0.6 is 11.6 Å². The molecule has 1 rings (SSSR count). The Hall–Kier alpha value is -0.490. The molecule has 0 amide bonds. The van der Waals surface area contributed by atoms with Gasteiger partial charge >= 0.3 is 0 Å². The van der Waals surface area contributed by atoms with Gasteiger partial charge in [-0.3, -0.25) is 0 Å². The SMILES string of the molecule is C[CH]C(C)(C)c1ccc(Cl)cc1. The van der Waals surface area contributed by atoms with Crippen LogP contribution in [0.3, 0.4) is 0 Å². The molecule has 0 atom stereocenters. The second kappa shape index (κ2) is 3.49. The lowest BCUT2D eigenvalue weighted by Gasteiger charge is -2.22. The molecule has 0 heterocycles. The first-order chi connectivity index (χ1) is 5.56. The second-order valence-corrected chi connectivity index (χ2v) is 3.95. The fourth-order valence-corrected chi connectivity index (χ4v) is 1.17. The van der Waals surface area contributed by atoms with Crippen molar-refractivity contribution >= 4 is 11.6 Å². The Bertz CT molecular complexity index is 246. The Kier molecular flexibility index (Phi) is 2.79. The monoisotopic (exact) mass is 181 g/mol. The summed E-state index contributed by atoms with van der Waals surface area (Å²) in [4.78, 5) is 0. The van der Waals surface area contributed by atoms with Crippen LogP contribution in [0.1, 0.15) is 26.3 Å². The van der Waals surface area contributed by atoms with Gasteiger partial charge in [-0.2, -0.15) is 0 Å². The molecule has 65 valence electrons. The number of hydrogen-bond acceptors (Lipinski definition) is 0. The van der Waals surface area contributed by atoms with E-state index in [0.29, 0.717) is 0 Å². The first-order valence-corrected chi connectivity index (χ1v) is 4.50. The third-order valence-corrected chi connectivity index (χ3v) is 2.56. The van der Waals surface area contributed by atoms with Crippen LogP contribution in [0.15, 0.2) is 24.3 Å². The predicted molar refractivity (Wildman–Crippen MR) is 54.5 cm³/mol. The number of halogens is 1. The summed E-state index contributed by atoms with van der Waals surface area (Å²) in [6.07, 6.45) is 2.19. The van der Waals surface area contributed by atoms with Crippen LogP contribution in [0.2, 0.25) is 5.02 Å². The third kappa shape index (κ3) is 2.01. The summed E-state index contributed by atoms with van der Waals surface area (Å²) >= 11 is 5.79. The van der Waals surface area contributed by atoms with Gasteiger partial charge in [0.2, 0.25) is 0 Å². The first kappa shape index (κ1) is 9.60. The minimum atomic E-state index is 0.143. The van der Waals surface area contributed by atoms with Gasteiger partial charge in [-0.25, -0.2) is 0 Å². The summed E-state index contributed by atoms with van der Waals surface area (Å²) in [6.45, 7) is 6.46. The Morgan fingerprint density at radius 3 is 2.08 bits per heavy atom. The molecule has 0 fully saturated rings. The lowest BCUT2D eigenvalue weighted by molar-refractivity contribution is 0.616. The van der Waals surface area contributed by atoms with E-state index in [9.17, 15) is 0 Å². The van der Waals surface area contributed by atoms with Crippen molar-refractivity contribution in [3.8, 4) is 0 Å². The zero-order chi connectivity index (χ0) is 9.19. The maximum Gasteiger partial charge on any atom is 0.0406 e. The van der Waals surface area contributed by atoms with E-state index < -0.39 is 0 Å². The normalized spacial score (nSPS) is 11.7. The molecule has 12 heavy (non-hydrogen) atoms. The molecule has 0 unspecified atom stereocenters. The third-order valence-electron chi connectivity index (χ3n) is 2.31. The average molecular weight is 182 g/mol. The van der Waals surface area contributed by atoms with Gasteiger partial charge in [0.05, 0.1) is 0 Å². The molecule has 0 spiro atoms. The topological polar surface area (TPSA) is 0 Å². The highest BCUT2D eigenvalue weighted by Crippen LogP contribution is 2.26. The van der Waals surface area contributed by atoms with Crippen molar-refractivity contribution in [3.05, 3.63) is 41.3 Å². The molecule has 1 radical (unpaired) electrons. The number of rotatable bonds is 2. The van der Waals surface area contributed by atoms with E-state index in [4.69, 9.17) is 11.6 Å². The van der Waals surface area contributed by atoms with E-state index in [0.717, 1.165) is 5.02 Å². The van der Waals surface area contributed by atoms with Crippen LogP contribution in [0.4, 0.5) is 0 Å². The van der Waals surface area contributed by atoms with Crippen molar-refractivity contribution in [2.75, 3.05) is 0 Å². The summed E-state index contributed by atoms with van der Waals surface area (Å²) in [6, 6.07) is 8.01. The number of hydrogen-bond donors (Lipinski definition) is 0. The Balaban J connectivity index is 2.96. The van der Waals surface area contributed by atoms with Crippen LogP contribution in [0.25, 0.3) is 0 Å². The molecule has 1 heteroatoms. The first-order valence-electron chi connectivity index (χ1n) is 4.13. The van der Waals surface area contributed by atoms with E-state index in [1.54, 1.807) is 0 Å². The highest BCUT2D eigenvalue weighted by atomic mass is 35.5. The van der Waals surface area contributed by atoms with Crippen LogP contribution in [0, 0.1) is 6.42 Å². The molecule has 0 aliphatic rings. The molecule has 0 N–H and O–H groups in total. The molecule has 1 aromatic rings. The fourth-order valence-electron chi connectivity index (χ4n) is 1.05. The van der Waals surface area contributed by atoms with Crippen molar-refractivity contribution in [2.45, 2.75) is 26.2 Å². The highest BCUT2D eigenvalue weighted by Gasteiger charge is 2.17. The maximum atomic E-state index is 5.79. The van der Waals surface area contributed by atoms with E-state index >= 15 is 0 Å². The summed E-state index contributed by atoms with van der Waals surface area (Å²) in [7, 11) is 0. The fraction of sp³-hybridized carbons (Fsp3) is 0.364. The van der Waals surface area contributed by atoms with Crippen molar-refractivity contribution in [3.63, 3.8) is 0 Å². The Morgan fingerprint density at radius 1 is 1.17 bits per heavy atom. The lowest BCUT2D eigenvalue weighted by atomic mass is 9.82. The molecule has 0 aliphatic heterocycles. The van der Waals surface area contributed by atoms with Crippen molar-refractivity contribution < 1.29 is 0 Å². The van der Waals surface area contributed by atoms with E-state index in [1.807, 2.05) is 12.1 Å². The molecule has 0 saturated heterocycles. The molecule has 0 nitrogen and oxygen atoms in total. The van der Waals surface area contributed by atoms with Crippen LogP contribution in [0.5, 0.6) is 0 Å². The van der Waals surface area contributed by atoms with Gasteiger partial charge < -0.3 is 0 Å². The molecule has 0 bridgehead atoms. The summed E-state index contributed by atoms with van der Waals surface area (Å²) in [5.74, 6) is 0. The minimum Gasteiger partial charge on any atom is -0.0843 e. The molecular formula is C11H14Cl. The van der Waals surface area contributed by atoms with Crippen LogP contribution < -0.4 is 0 Å². The zero-order valence-corrected chi connectivity index (χ0v) is 8.52. The summed E-state index contributed by atoms with van der Waals surface area (Å²) in [5, 5.41) is 0.797. The molecule has 1 aromatic carbocycles. The van der Waals surface area contributed by atoms with Gasteiger partial charge in [0.25, 0.3) is 0 Å². The van der Waals surface area contributed by atoms with Gasteiger partial charge in [0.15, 0.2) is 0 Å². The Labute approximate surface area is 79.6 Å². The van der Waals surface area contributed by atoms with E-state index in [-0.39, 0.29) is 5.41 Å². The van der Waals surface area contributed by atoms with E-state index in [2.05, 4.69) is 39.3 Å². The largest absolute Gasteiger partial charge is 0.0843 e. The molecule has 0 aliphatic carbocycles. The van der Waals surface area contributed by atoms with Crippen molar-refractivity contribution in [2.24, 2.45) is 0 Å². The van der Waals surface area contributed by atoms with Crippen LogP contribution in [-0.2, 0) is 5.41 Å². The minimum absolute atomic E-state index is 0.143. The van der Waals surface area contributed by atoms with Gasteiger partial charge in [-0.05, 0) is 29.5 Å². The van der Waals surface area contributed by atoms with Gasteiger partial charge in [0, 0.05) is 5.02 Å². The zero-order valence-electron chi connectivity index (χ0n) is 7.76. The lowest BCUT2D eigenvalue weighted by Crippen LogP contribution is -2.15. The molecule has 0 saturated carbocycles. The Morgan fingerprint density at radius 2 is 1.67 bits per heavy atom. The summed E-state index contributed by atoms with van der Waals surface area (Å²) < 4.78 is 0. The maximum absolute atomic E-state index is 5.79. The highest BCUT2D eigenvalue weighted by molar-refractivity contribution is 6.30.